The zero-order valence-corrected chi connectivity index (χ0v) is 13.2. The Hall–Kier alpha value is -1.75. The van der Waals surface area contributed by atoms with E-state index in [2.05, 4.69) is 21.2 Å². The Kier molecular flexibility index (Phi) is 4.73. The van der Waals surface area contributed by atoms with Crippen molar-refractivity contribution in [2.45, 2.75) is 20.4 Å². The lowest BCUT2D eigenvalue weighted by atomic mass is 10.1. The van der Waals surface area contributed by atoms with Gasteiger partial charge in [0, 0.05) is 11.0 Å². The molecule has 2 nitrogen and oxygen atoms in total. The highest BCUT2D eigenvalue weighted by Crippen LogP contribution is 2.17. The van der Waals surface area contributed by atoms with Gasteiger partial charge in [-0.1, -0.05) is 28.1 Å². The number of nitrogens with one attached hydrogen (secondary N) is 1. The molecule has 0 heterocycles. The van der Waals surface area contributed by atoms with Crippen LogP contribution in [0.2, 0.25) is 0 Å². The van der Waals surface area contributed by atoms with Crippen LogP contribution in [0, 0.1) is 25.5 Å². The standard InChI is InChI=1S/C16H14BrF2NO/c1-9-5-11(6-10(2)15(9)19)8-20-16(21)13-7-12(17)3-4-14(13)18/h3-7H,8H2,1-2H3,(H,20,21). The van der Waals surface area contributed by atoms with Crippen molar-refractivity contribution in [1.82, 2.24) is 5.32 Å². The minimum absolute atomic E-state index is 0.0278. The third-order valence-corrected chi connectivity index (χ3v) is 3.62. The maximum absolute atomic E-state index is 13.6. The molecule has 0 aliphatic heterocycles. The van der Waals surface area contributed by atoms with Gasteiger partial charge in [-0.15, -0.1) is 0 Å². The smallest absolute Gasteiger partial charge is 0.254 e. The van der Waals surface area contributed by atoms with Crippen LogP contribution in [0.15, 0.2) is 34.8 Å². The summed E-state index contributed by atoms with van der Waals surface area (Å²) in [7, 11) is 0. The summed E-state index contributed by atoms with van der Waals surface area (Å²) in [6.45, 7) is 3.55. The molecule has 0 saturated carbocycles. The lowest BCUT2D eigenvalue weighted by molar-refractivity contribution is 0.0947. The summed E-state index contributed by atoms with van der Waals surface area (Å²) in [4.78, 5) is 12.0. The van der Waals surface area contributed by atoms with Crippen molar-refractivity contribution in [1.29, 1.82) is 0 Å². The zero-order valence-electron chi connectivity index (χ0n) is 11.6. The molecule has 0 fully saturated rings. The first-order valence-corrected chi connectivity index (χ1v) is 7.16. The third-order valence-electron chi connectivity index (χ3n) is 3.12. The van der Waals surface area contributed by atoms with Crippen LogP contribution in [0.25, 0.3) is 0 Å². The summed E-state index contributed by atoms with van der Waals surface area (Å²) in [5, 5.41) is 2.63. The lowest BCUT2D eigenvalue weighted by Gasteiger charge is -2.09. The molecule has 1 amide bonds. The first-order valence-electron chi connectivity index (χ1n) is 6.37. The second kappa shape index (κ2) is 6.35. The van der Waals surface area contributed by atoms with Gasteiger partial charge in [-0.3, -0.25) is 4.79 Å². The fourth-order valence-corrected chi connectivity index (χ4v) is 2.45. The molecule has 2 rings (SSSR count). The highest BCUT2D eigenvalue weighted by Gasteiger charge is 2.12. The van der Waals surface area contributed by atoms with Crippen molar-refractivity contribution in [2.24, 2.45) is 0 Å². The van der Waals surface area contributed by atoms with Gasteiger partial charge < -0.3 is 5.32 Å². The van der Waals surface area contributed by atoms with Crippen LogP contribution in [0.1, 0.15) is 27.0 Å². The molecule has 0 aliphatic rings. The lowest BCUT2D eigenvalue weighted by Crippen LogP contribution is -2.24. The number of benzene rings is 2. The molecule has 0 atom stereocenters. The van der Waals surface area contributed by atoms with Crippen LogP contribution < -0.4 is 5.32 Å². The number of hydrogen-bond acceptors (Lipinski definition) is 1. The van der Waals surface area contributed by atoms with Crippen molar-refractivity contribution in [2.75, 3.05) is 0 Å². The summed E-state index contributed by atoms with van der Waals surface area (Å²) < 4.78 is 27.8. The van der Waals surface area contributed by atoms with E-state index >= 15 is 0 Å². The predicted molar refractivity (Wildman–Crippen MR) is 81.1 cm³/mol. The third kappa shape index (κ3) is 3.67. The van der Waals surface area contributed by atoms with Crippen LogP contribution in [0.4, 0.5) is 8.78 Å². The maximum atomic E-state index is 13.6. The molecular weight excluding hydrogens is 340 g/mol. The van der Waals surface area contributed by atoms with Gasteiger partial charge in [-0.25, -0.2) is 8.78 Å². The van der Waals surface area contributed by atoms with Crippen LogP contribution in [-0.4, -0.2) is 5.91 Å². The Labute approximate surface area is 130 Å². The van der Waals surface area contributed by atoms with Gasteiger partial charge in [-0.05, 0) is 48.7 Å². The Morgan fingerprint density at radius 3 is 2.38 bits per heavy atom. The van der Waals surface area contributed by atoms with Gasteiger partial charge in [0.25, 0.3) is 5.91 Å². The van der Waals surface area contributed by atoms with Gasteiger partial charge in [0.1, 0.15) is 11.6 Å². The summed E-state index contributed by atoms with van der Waals surface area (Å²) in [6.07, 6.45) is 0. The molecule has 0 aliphatic carbocycles. The molecule has 0 saturated heterocycles. The molecule has 1 N–H and O–H groups in total. The van der Waals surface area contributed by atoms with Gasteiger partial charge in [0.15, 0.2) is 0 Å². The van der Waals surface area contributed by atoms with E-state index in [1.54, 1.807) is 26.0 Å². The molecule has 2 aromatic carbocycles. The molecular formula is C16H14BrF2NO. The second-order valence-electron chi connectivity index (χ2n) is 4.85. The Bertz CT molecular complexity index is 678. The van der Waals surface area contributed by atoms with Crippen molar-refractivity contribution in [3.05, 3.63) is 68.7 Å². The van der Waals surface area contributed by atoms with Gasteiger partial charge >= 0.3 is 0 Å². The predicted octanol–water partition coefficient (Wildman–Crippen LogP) is 4.27. The van der Waals surface area contributed by atoms with Gasteiger partial charge in [-0.2, -0.15) is 0 Å². The first kappa shape index (κ1) is 15.6. The molecule has 2 aromatic rings. The highest BCUT2D eigenvalue weighted by molar-refractivity contribution is 9.10. The van der Waals surface area contributed by atoms with E-state index in [9.17, 15) is 13.6 Å². The monoisotopic (exact) mass is 353 g/mol. The summed E-state index contributed by atoms with van der Waals surface area (Å²) in [5.74, 6) is -1.33. The summed E-state index contributed by atoms with van der Waals surface area (Å²) in [6, 6.07) is 7.51. The van der Waals surface area contributed by atoms with E-state index in [1.807, 2.05) is 0 Å². The number of rotatable bonds is 3. The molecule has 5 heteroatoms. The maximum Gasteiger partial charge on any atom is 0.254 e. The topological polar surface area (TPSA) is 29.1 Å². The number of carbonyl (C=O) groups is 1. The molecule has 0 bridgehead atoms. The molecule has 0 aromatic heterocycles. The Morgan fingerprint density at radius 2 is 1.76 bits per heavy atom. The van der Waals surface area contributed by atoms with Crippen molar-refractivity contribution >= 4 is 21.8 Å². The minimum Gasteiger partial charge on any atom is -0.348 e. The van der Waals surface area contributed by atoms with Gasteiger partial charge in [0.05, 0.1) is 5.56 Å². The van der Waals surface area contributed by atoms with Crippen molar-refractivity contribution in [3.63, 3.8) is 0 Å². The highest BCUT2D eigenvalue weighted by atomic mass is 79.9. The van der Waals surface area contributed by atoms with E-state index in [4.69, 9.17) is 0 Å². The van der Waals surface area contributed by atoms with Crippen LogP contribution in [0.3, 0.4) is 0 Å². The van der Waals surface area contributed by atoms with E-state index in [-0.39, 0.29) is 17.9 Å². The SMILES string of the molecule is Cc1cc(CNC(=O)c2cc(Br)ccc2F)cc(C)c1F. The number of hydrogen-bond donors (Lipinski definition) is 1. The van der Waals surface area contributed by atoms with Crippen molar-refractivity contribution in [3.8, 4) is 0 Å². The number of aryl methyl sites for hydroxylation is 2. The molecule has 110 valence electrons. The summed E-state index contributed by atoms with van der Waals surface area (Å²) >= 11 is 3.20. The molecule has 21 heavy (non-hydrogen) atoms. The van der Waals surface area contributed by atoms with Crippen LogP contribution in [-0.2, 0) is 6.54 Å². The van der Waals surface area contributed by atoms with Gasteiger partial charge in [0.2, 0.25) is 0 Å². The second-order valence-corrected chi connectivity index (χ2v) is 5.77. The van der Waals surface area contributed by atoms with Crippen LogP contribution in [0.5, 0.6) is 0 Å². The Balaban J connectivity index is 2.13. The molecule has 0 radical (unpaired) electrons. The number of amides is 1. The zero-order chi connectivity index (χ0) is 15.6. The van der Waals surface area contributed by atoms with E-state index in [1.165, 1.54) is 18.2 Å². The van der Waals surface area contributed by atoms with Crippen LogP contribution >= 0.6 is 15.9 Å². The van der Waals surface area contributed by atoms with E-state index in [0.717, 1.165) is 5.56 Å². The quantitative estimate of drug-likeness (QED) is 0.876. The fraction of sp³-hybridized carbons (Fsp3) is 0.188. The largest absolute Gasteiger partial charge is 0.348 e. The Morgan fingerprint density at radius 1 is 1.14 bits per heavy atom. The number of halogens is 3. The number of carbonyl (C=O) groups excluding carboxylic acids is 1. The fourth-order valence-electron chi connectivity index (χ4n) is 2.09. The molecule has 0 unspecified atom stereocenters. The first-order chi connectivity index (χ1) is 9.88. The average molecular weight is 354 g/mol. The van der Waals surface area contributed by atoms with E-state index < -0.39 is 11.7 Å². The summed E-state index contributed by atoms with van der Waals surface area (Å²) in [5.41, 5.74) is 1.79. The van der Waals surface area contributed by atoms with E-state index in [0.29, 0.717) is 15.6 Å². The minimum atomic E-state index is -0.581. The normalized spacial score (nSPS) is 10.5. The molecule has 0 spiro atoms. The van der Waals surface area contributed by atoms with Crippen molar-refractivity contribution < 1.29 is 13.6 Å². The average Bonchev–Trinajstić information content (AvgIpc) is 2.44.